The van der Waals surface area contributed by atoms with Crippen LogP contribution >= 0.6 is 15.9 Å². The summed E-state index contributed by atoms with van der Waals surface area (Å²) < 4.78 is 23.7. The topological polar surface area (TPSA) is 93.0 Å². The van der Waals surface area contributed by atoms with E-state index in [9.17, 15) is 13.2 Å². The highest BCUT2D eigenvalue weighted by Crippen LogP contribution is 2.34. The van der Waals surface area contributed by atoms with Crippen LogP contribution in [0.1, 0.15) is 15.9 Å². The van der Waals surface area contributed by atoms with E-state index in [0.717, 1.165) is 20.8 Å². The second-order valence-electron chi connectivity index (χ2n) is 5.28. The van der Waals surface area contributed by atoms with Gasteiger partial charge >= 0.3 is 0 Å². The molecule has 114 valence electrons. The minimum absolute atomic E-state index is 0.0256. The van der Waals surface area contributed by atoms with Crippen LogP contribution in [0, 0.1) is 0 Å². The number of hydrogen-bond acceptors (Lipinski definition) is 3. The Morgan fingerprint density at radius 2 is 2.00 bits per heavy atom. The third-order valence-electron chi connectivity index (χ3n) is 3.46. The number of carbonyl (C=O) groups excluding carboxylic acids is 1. The summed E-state index contributed by atoms with van der Waals surface area (Å²) in [6.07, 6.45) is 1.20. The Morgan fingerprint density at radius 3 is 2.64 bits per heavy atom. The average molecular weight is 381 g/mol. The van der Waals surface area contributed by atoms with Crippen LogP contribution in [0.25, 0.3) is 21.8 Å². The van der Waals surface area contributed by atoms with Crippen LogP contribution in [0.4, 0.5) is 0 Å². The predicted octanol–water partition coefficient (Wildman–Crippen LogP) is 2.73. The average Bonchev–Trinajstić information content (AvgIpc) is 2.75. The second-order valence-corrected chi connectivity index (χ2v) is 8.28. The number of nitrogens with one attached hydrogen (secondary N) is 1. The van der Waals surface area contributed by atoms with Gasteiger partial charge in [-0.2, -0.15) is 0 Å². The fourth-order valence-corrected chi connectivity index (χ4v) is 3.94. The van der Waals surface area contributed by atoms with Crippen molar-refractivity contribution in [3.05, 3.63) is 45.9 Å². The van der Waals surface area contributed by atoms with Gasteiger partial charge in [0.05, 0.1) is 16.8 Å². The molecule has 0 aliphatic heterocycles. The normalized spacial score (nSPS) is 12.1. The highest BCUT2D eigenvalue weighted by Gasteiger charge is 2.15. The first-order chi connectivity index (χ1) is 10.3. The number of halogens is 1. The van der Waals surface area contributed by atoms with E-state index in [1.165, 1.54) is 6.26 Å². The van der Waals surface area contributed by atoms with E-state index in [2.05, 4.69) is 20.9 Å². The lowest BCUT2D eigenvalue weighted by Gasteiger charge is -2.01. The molecule has 0 unspecified atom stereocenters. The molecule has 0 aliphatic carbocycles. The Balaban J connectivity index is 2.32. The highest BCUT2D eigenvalue weighted by atomic mass is 79.9. The standard InChI is InChI=1S/C15H13BrN2O3S/c1-22(20,21)7-8-2-3-9-12(6-8)18-14-10(15(17)19)4-5-11(16)13(9)14/h2-6,18H,7H2,1H3,(H2,17,19). The molecular weight excluding hydrogens is 368 g/mol. The summed E-state index contributed by atoms with van der Waals surface area (Å²) in [5, 5.41) is 1.76. The van der Waals surface area contributed by atoms with Crippen LogP contribution < -0.4 is 5.73 Å². The van der Waals surface area contributed by atoms with Crippen LogP contribution in [-0.2, 0) is 15.6 Å². The van der Waals surface area contributed by atoms with Gasteiger partial charge < -0.3 is 10.7 Å². The van der Waals surface area contributed by atoms with Crippen molar-refractivity contribution in [1.82, 2.24) is 4.98 Å². The van der Waals surface area contributed by atoms with E-state index < -0.39 is 15.7 Å². The molecular formula is C15H13BrN2O3S. The first-order valence-corrected chi connectivity index (χ1v) is 9.32. The van der Waals surface area contributed by atoms with Gasteiger partial charge in [0.15, 0.2) is 9.84 Å². The Labute approximate surface area is 135 Å². The van der Waals surface area contributed by atoms with Crippen molar-refractivity contribution in [2.75, 3.05) is 6.26 Å². The fraction of sp³-hybridized carbons (Fsp3) is 0.133. The maximum atomic E-state index is 11.6. The third-order valence-corrected chi connectivity index (χ3v) is 4.98. The molecule has 0 atom stereocenters. The molecule has 7 heteroatoms. The number of nitrogens with two attached hydrogens (primary N) is 1. The maximum Gasteiger partial charge on any atom is 0.250 e. The quantitative estimate of drug-likeness (QED) is 0.731. The molecule has 0 spiro atoms. The van der Waals surface area contributed by atoms with Crippen LogP contribution in [0.2, 0.25) is 0 Å². The molecule has 1 amide bonds. The molecule has 1 heterocycles. The molecule has 5 nitrogen and oxygen atoms in total. The van der Waals surface area contributed by atoms with E-state index in [-0.39, 0.29) is 5.75 Å². The molecule has 22 heavy (non-hydrogen) atoms. The number of fused-ring (bicyclic) bond motifs is 3. The van der Waals surface area contributed by atoms with Gasteiger partial charge in [-0.25, -0.2) is 8.42 Å². The first-order valence-electron chi connectivity index (χ1n) is 6.46. The molecule has 0 fully saturated rings. The SMILES string of the molecule is CS(=O)(=O)Cc1ccc2c(c1)[nH]c1c(C(N)=O)ccc(Br)c12. The number of H-pyrrole nitrogens is 1. The molecule has 0 bridgehead atoms. The zero-order chi connectivity index (χ0) is 16.1. The molecule has 3 rings (SSSR count). The van der Waals surface area contributed by atoms with Crippen LogP contribution in [0.5, 0.6) is 0 Å². The van der Waals surface area contributed by atoms with Crippen LogP contribution in [0.3, 0.4) is 0 Å². The Kier molecular flexibility index (Phi) is 3.49. The maximum absolute atomic E-state index is 11.6. The van der Waals surface area contributed by atoms with E-state index in [0.29, 0.717) is 16.6 Å². The number of hydrogen-bond donors (Lipinski definition) is 2. The molecule has 1 aromatic heterocycles. The summed E-state index contributed by atoms with van der Waals surface area (Å²) in [4.78, 5) is 14.7. The van der Waals surface area contributed by atoms with Gasteiger partial charge in [0.1, 0.15) is 0 Å². The van der Waals surface area contributed by atoms with Crippen molar-refractivity contribution in [3.8, 4) is 0 Å². The largest absolute Gasteiger partial charge is 0.366 e. The van der Waals surface area contributed by atoms with Gasteiger partial charge in [-0.1, -0.05) is 28.1 Å². The second kappa shape index (κ2) is 5.10. The molecule has 3 N–H and O–H groups in total. The number of aromatic amines is 1. The van der Waals surface area contributed by atoms with Gasteiger partial charge in [-0.3, -0.25) is 4.79 Å². The summed E-state index contributed by atoms with van der Waals surface area (Å²) in [6.45, 7) is 0. The smallest absolute Gasteiger partial charge is 0.250 e. The molecule has 3 aromatic rings. The van der Waals surface area contributed by atoms with Gasteiger partial charge in [-0.05, 0) is 23.8 Å². The number of benzene rings is 2. The summed E-state index contributed by atoms with van der Waals surface area (Å²) >= 11 is 3.48. The van der Waals surface area contributed by atoms with Gasteiger partial charge in [-0.15, -0.1) is 0 Å². The van der Waals surface area contributed by atoms with Crippen molar-refractivity contribution in [1.29, 1.82) is 0 Å². The zero-order valence-corrected chi connectivity index (χ0v) is 14.1. The molecule has 0 aliphatic rings. The van der Waals surface area contributed by atoms with Crippen LogP contribution in [-0.4, -0.2) is 25.6 Å². The first kappa shape index (κ1) is 15.1. The van der Waals surface area contributed by atoms with Gasteiger partial charge in [0.25, 0.3) is 5.91 Å². The minimum Gasteiger partial charge on any atom is -0.366 e. The Bertz CT molecular complexity index is 1020. The number of aromatic nitrogens is 1. The fourth-order valence-electron chi connectivity index (χ4n) is 2.62. The van der Waals surface area contributed by atoms with Crippen molar-refractivity contribution in [2.45, 2.75) is 5.75 Å². The van der Waals surface area contributed by atoms with Crippen molar-refractivity contribution in [2.24, 2.45) is 5.73 Å². The summed E-state index contributed by atoms with van der Waals surface area (Å²) in [6, 6.07) is 8.85. The molecule has 0 saturated heterocycles. The van der Waals surface area contributed by atoms with Crippen molar-refractivity contribution >= 4 is 53.5 Å². The van der Waals surface area contributed by atoms with Gasteiger partial charge in [0, 0.05) is 27.0 Å². The Morgan fingerprint density at radius 1 is 1.27 bits per heavy atom. The number of sulfone groups is 1. The minimum atomic E-state index is -3.10. The third kappa shape index (κ3) is 2.62. The lowest BCUT2D eigenvalue weighted by atomic mass is 10.1. The van der Waals surface area contributed by atoms with Crippen molar-refractivity contribution < 1.29 is 13.2 Å². The van der Waals surface area contributed by atoms with E-state index in [4.69, 9.17) is 5.73 Å². The lowest BCUT2D eigenvalue weighted by Crippen LogP contribution is -2.11. The lowest BCUT2D eigenvalue weighted by molar-refractivity contribution is 0.100. The number of amides is 1. The van der Waals surface area contributed by atoms with Crippen LogP contribution in [0.15, 0.2) is 34.8 Å². The molecule has 0 radical (unpaired) electrons. The molecule has 0 saturated carbocycles. The predicted molar refractivity (Wildman–Crippen MR) is 90.6 cm³/mol. The van der Waals surface area contributed by atoms with E-state index in [1.807, 2.05) is 6.07 Å². The van der Waals surface area contributed by atoms with Crippen molar-refractivity contribution in [3.63, 3.8) is 0 Å². The monoisotopic (exact) mass is 380 g/mol. The Hall–Kier alpha value is -1.86. The summed E-state index contributed by atoms with van der Waals surface area (Å²) in [5.74, 6) is -0.539. The highest BCUT2D eigenvalue weighted by molar-refractivity contribution is 9.10. The summed E-state index contributed by atoms with van der Waals surface area (Å²) in [7, 11) is -3.10. The number of rotatable bonds is 3. The molecule has 2 aromatic carbocycles. The van der Waals surface area contributed by atoms with E-state index in [1.54, 1.807) is 24.3 Å². The van der Waals surface area contributed by atoms with Gasteiger partial charge in [0.2, 0.25) is 0 Å². The summed E-state index contributed by atoms with van der Waals surface area (Å²) in [5.41, 5.74) is 7.92. The number of primary amides is 1. The van der Waals surface area contributed by atoms with E-state index >= 15 is 0 Å². The number of carbonyl (C=O) groups is 1. The zero-order valence-electron chi connectivity index (χ0n) is 11.7.